The molecule has 1 aliphatic heterocycles. The fraction of sp³-hybridized carbons (Fsp3) is 0.533. The Bertz CT molecular complexity index is 576. The number of piperidine rings is 1. The first-order chi connectivity index (χ1) is 10.4. The summed E-state index contributed by atoms with van der Waals surface area (Å²) in [5, 5.41) is 13.9. The van der Waals surface area contributed by atoms with Crippen LogP contribution in [0.4, 0.5) is 11.4 Å². The molecule has 7 nitrogen and oxygen atoms in total. The van der Waals surface area contributed by atoms with E-state index in [2.05, 4.69) is 17.3 Å². The third-order valence-corrected chi connectivity index (χ3v) is 4.19. The van der Waals surface area contributed by atoms with Crippen LogP contribution >= 0.6 is 0 Å². The van der Waals surface area contributed by atoms with Gasteiger partial charge in [-0.2, -0.15) is 0 Å². The molecule has 0 radical (unpaired) electrons. The minimum Gasteiger partial charge on any atom is -0.365 e. The molecule has 1 amide bonds. The molecular formula is C15H22N4O3. The molecule has 0 aliphatic carbocycles. The predicted octanol–water partition coefficient (Wildman–Crippen LogP) is 1.48. The summed E-state index contributed by atoms with van der Waals surface area (Å²) >= 11 is 0. The molecule has 1 unspecified atom stereocenters. The molecule has 1 heterocycles. The van der Waals surface area contributed by atoms with Crippen molar-refractivity contribution in [1.29, 1.82) is 0 Å². The monoisotopic (exact) mass is 306 g/mol. The molecule has 1 fully saturated rings. The number of likely N-dealkylation sites (tertiary alicyclic amines) is 1. The Hall–Kier alpha value is -2.15. The summed E-state index contributed by atoms with van der Waals surface area (Å²) < 4.78 is 0. The zero-order valence-electron chi connectivity index (χ0n) is 13.2. The van der Waals surface area contributed by atoms with Gasteiger partial charge in [0.05, 0.1) is 4.92 Å². The van der Waals surface area contributed by atoms with Crippen LogP contribution in [0.5, 0.6) is 0 Å². The zero-order chi connectivity index (χ0) is 16.3. The van der Waals surface area contributed by atoms with Crippen LogP contribution < -0.4 is 10.2 Å². The highest BCUT2D eigenvalue weighted by Gasteiger charge is 2.26. The van der Waals surface area contributed by atoms with Gasteiger partial charge in [0.15, 0.2) is 0 Å². The van der Waals surface area contributed by atoms with Crippen LogP contribution in [0, 0.1) is 10.1 Å². The summed E-state index contributed by atoms with van der Waals surface area (Å²) in [6.07, 6.45) is 2.09. The lowest BCUT2D eigenvalue weighted by atomic mass is 10.0. The van der Waals surface area contributed by atoms with Crippen LogP contribution in [0.1, 0.15) is 23.2 Å². The van der Waals surface area contributed by atoms with Gasteiger partial charge in [-0.25, -0.2) is 0 Å². The van der Waals surface area contributed by atoms with E-state index in [1.165, 1.54) is 13.1 Å². The molecule has 1 saturated heterocycles. The number of hydrogen-bond acceptors (Lipinski definition) is 5. The first-order valence-corrected chi connectivity index (χ1v) is 7.36. The second-order valence-corrected chi connectivity index (χ2v) is 5.71. The standard InChI is InChI=1S/C15H22N4O3/c1-16-15(20)11-6-7-13(14(9-11)19(21)22)18(3)12-5-4-8-17(2)10-12/h6-7,9,12H,4-5,8,10H2,1-3H3,(H,16,20). The van der Waals surface area contributed by atoms with Gasteiger partial charge in [0.25, 0.3) is 11.6 Å². The molecule has 0 aromatic heterocycles. The maximum Gasteiger partial charge on any atom is 0.293 e. The molecule has 1 aliphatic rings. The van der Waals surface area contributed by atoms with Crippen LogP contribution in [0.2, 0.25) is 0 Å². The summed E-state index contributed by atoms with van der Waals surface area (Å²) in [4.78, 5) is 26.8. The Labute approximate surface area is 130 Å². The fourth-order valence-corrected chi connectivity index (χ4v) is 2.91. The summed E-state index contributed by atoms with van der Waals surface area (Å²) in [5.41, 5.74) is 0.821. The molecule has 0 bridgehead atoms. The van der Waals surface area contributed by atoms with E-state index in [0.29, 0.717) is 11.3 Å². The molecule has 120 valence electrons. The van der Waals surface area contributed by atoms with Crippen LogP contribution in [-0.4, -0.2) is 56.0 Å². The topological polar surface area (TPSA) is 78.7 Å². The smallest absolute Gasteiger partial charge is 0.293 e. The van der Waals surface area contributed by atoms with Crippen molar-refractivity contribution in [1.82, 2.24) is 10.2 Å². The van der Waals surface area contributed by atoms with Crippen LogP contribution in [0.25, 0.3) is 0 Å². The fourth-order valence-electron chi connectivity index (χ4n) is 2.91. The van der Waals surface area contributed by atoms with Gasteiger partial charge in [0, 0.05) is 38.3 Å². The van der Waals surface area contributed by atoms with E-state index in [4.69, 9.17) is 0 Å². The van der Waals surface area contributed by atoms with Crippen LogP contribution in [0.15, 0.2) is 18.2 Å². The number of nitrogens with zero attached hydrogens (tertiary/aromatic N) is 3. The van der Waals surface area contributed by atoms with Gasteiger partial charge in [0.1, 0.15) is 5.69 Å². The molecule has 0 spiro atoms. The SMILES string of the molecule is CNC(=O)c1ccc(N(C)C2CCCN(C)C2)c([N+](=O)[O-])c1. The lowest BCUT2D eigenvalue weighted by Gasteiger charge is -2.36. The van der Waals surface area contributed by atoms with Gasteiger partial charge in [-0.1, -0.05) is 0 Å². The molecule has 2 rings (SSSR count). The van der Waals surface area contributed by atoms with Gasteiger partial charge in [-0.3, -0.25) is 14.9 Å². The number of amides is 1. The molecular weight excluding hydrogens is 284 g/mol. The van der Waals surface area contributed by atoms with Gasteiger partial charge in [-0.15, -0.1) is 0 Å². The molecule has 7 heteroatoms. The lowest BCUT2D eigenvalue weighted by Crippen LogP contribution is -2.45. The van der Waals surface area contributed by atoms with E-state index in [9.17, 15) is 14.9 Å². The lowest BCUT2D eigenvalue weighted by molar-refractivity contribution is -0.384. The second-order valence-electron chi connectivity index (χ2n) is 5.71. The Balaban J connectivity index is 2.33. The zero-order valence-corrected chi connectivity index (χ0v) is 13.2. The van der Waals surface area contributed by atoms with E-state index in [1.807, 2.05) is 11.9 Å². The minimum absolute atomic E-state index is 0.0307. The van der Waals surface area contributed by atoms with Gasteiger partial charge in [0.2, 0.25) is 0 Å². The number of likely N-dealkylation sites (N-methyl/N-ethyl adjacent to an activating group) is 2. The van der Waals surface area contributed by atoms with Crippen molar-refractivity contribution in [3.8, 4) is 0 Å². The second kappa shape index (κ2) is 6.74. The third kappa shape index (κ3) is 3.36. The highest BCUT2D eigenvalue weighted by Crippen LogP contribution is 2.31. The first-order valence-electron chi connectivity index (χ1n) is 7.36. The predicted molar refractivity (Wildman–Crippen MR) is 85.4 cm³/mol. The minimum atomic E-state index is -0.426. The van der Waals surface area contributed by atoms with E-state index >= 15 is 0 Å². The quantitative estimate of drug-likeness (QED) is 0.673. The number of rotatable bonds is 4. The normalized spacial score (nSPS) is 18.8. The van der Waals surface area contributed by atoms with Crippen molar-refractivity contribution in [2.24, 2.45) is 0 Å². The summed E-state index contributed by atoms with van der Waals surface area (Å²) in [5.74, 6) is -0.324. The number of carbonyl (C=O) groups excluding carboxylic acids is 1. The summed E-state index contributed by atoms with van der Waals surface area (Å²) in [7, 11) is 5.45. The van der Waals surface area contributed by atoms with Gasteiger partial charge < -0.3 is 15.1 Å². The number of benzene rings is 1. The van der Waals surface area contributed by atoms with E-state index in [1.54, 1.807) is 12.1 Å². The Morgan fingerprint density at radius 1 is 1.50 bits per heavy atom. The number of hydrogen-bond donors (Lipinski definition) is 1. The van der Waals surface area contributed by atoms with Crippen molar-refractivity contribution in [3.63, 3.8) is 0 Å². The largest absolute Gasteiger partial charge is 0.365 e. The highest BCUT2D eigenvalue weighted by atomic mass is 16.6. The van der Waals surface area contributed by atoms with Crippen molar-refractivity contribution in [2.45, 2.75) is 18.9 Å². The Morgan fingerprint density at radius 2 is 2.23 bits per heavy atom. The van der Waals surface area contributed by atoms with Crippen molar-refractivity contribution in [3.05, 3.63) is 33.9 Å². The van der Waals surface area contributed by atoms with E-state index < -0.39 is 4.92 Å². The Morgan fingerprint density at radius 3 is 2.82 bits per heavy atom. The third-order valence-electron chi connectivity index (χ3n) is 4.19. The van der Waals surface area contributed by atoms with Crippen molar-refractivity contribution in [2.75, 3.05) is 39.1 Å². The molecule has 0 saturated carbocycles. The number of nitro groups is 1. The van der Waals surface area contributed by atoms with E-state index in [0.717, 1.165) is 25.9 Å². The molecule has 1 atom stereocenters. The van der Waals surface area contributed by atoms with Crippen LogP contribution in [-0.2, 0) is 0 Å². The average Bonchev–Trinajstić information content (AvgIpc) is 2.52. The molecule has 1 aromatic carbocycles. The average molecular weight is 306 g/mol. The van der Waals surface area contributed by atoms with Crippen molar-refractivity contribution >= 4 is 17.3 Å². The summed E-state index contributed by atoms with van der Waals surface area (Å²) in [6, 6.07) is 4.88. The number of nitro benzene ring substituents is 1. The van der Waals surface area contributed by atoms with Crippen molar-refractivity contribution < 1.29 is 9.72 Å². The van der Waals surface area contributed by atoms with Crippen LogP contribution in [0.3, 0.4) is 0 Å². The Kier molecular flexibility index (Phi) is 4.97. The first kappa shape index (κ1) is 16.2. The number of nitrogens with one attached hydrogen (secondary N) is 1. The number of carbonyl (C=O) groups is 1. The maximum atomic E-state index is 11.7. The summed E-state index contributed by atoms with van der Waals surface area (Å²) in [6.45, 7) is 1.94. The number of anilines is 1. The van der Waals surface area contributed by atoms with Gasteiger partial charge >= 0.3 is 0 Å². The molecule has 1 aromatic rings. The van der Waals surface area contributed by atoms with E-state index in [-0.39, 0.29) is 17.6 Å². The molecule has 22 heavy (non-hydrogen) atoms. The maximum absolute atomic E-state index is 11.7. The van der Waals surface area contributed by atoms with Gasteiger partial charge in [-0.05, 0) is 38.6 Å². The highest BCUT2D eigenvalue weighted by molar-refractivity contribution is 5.95. The molecule has 1 N–H and O–H groups in total.